The molecule has 0 aromatic heterocycles. The van der Waals surface area contributed by atoms with Crippen molar-refractivity contribution in [2.24, 2.45) is 0 Å². The number of nitrogens with zero attached hydrogens (tertiary/aromatic N) is 6. The average Bonchev–Trinajstić information content (AvgIpc) is 3.90. The Morgan fingerprint density at radius 3 is 1.32 bits per heavy atom. The van der Waals surface area contributed by atoms with Crippen LogP contribution in [-0.2, 0) is 21.7 Å². The number of allylic oxidation sites excluding steroid dienone is 8. The van der Waals surface area contributed by atoms with Crippen LogP contribution < -0.4 is 43.8 Å². The van der Waals surface area contributed by atoms with Gasteiger partial charge in [0.15, 0.2) is 24.5 Å². The molecule has 0 saturated heterocycles. The van der Waals surface area contributed by atoms with E-state index in [1.165, 1.54) is 90.8 Å². The molecule has 6 aliphatic rings. The molecule has 0 unspecified atom stereocenters. The van der Waals surface area contributed by atoms with E-state index >= 15 is 0 Å². The van der Waals surface area contributed by atoms with Gasteiger partial charge < -0.3 is 43.8 Å². The monoisotopic (exact) mass is 1310 g/mol. The summed E-state index contributed by atoms with van der Waals surface area (Å²) >= 11 is 7.15. The summed E-state index contributed by atoms with van der Waals surface area (Å²) in [7, 11) is 4.15. The molecule has 6 aromatic rings. The van der Waals surface area contributed by atoms with E-state index in [-0.39, 0.29) is 76.8 Å². The Bertz CT molecular complexity index is 3490. The van der Waals surface area contributed by atoms with Crippen LogP contribution in [0.25, 0.3) is 21.5 Å². The highest BCUT2D eigenvalue weighted by atomic mass is 79.9. The van der Waals surface area contributed by atoms with E-state index in [1.54, 1.807) is 12.1 Å². The lowest BCUT2D eigenvalue weighted by Crippen LogP contribution is -3.00. The molecule has 12 rings (SSSR count). The van der Waals surface area contributed by atoms with E-state index in [0.717, 1.165) is 82.3 Å². The van der Waals surface area contributed by atoms with Gasteiger partial charge in [-0.25, -0.2) is 0 Å². The summed E-state index contributed by atoms with van der Waals surface area (Å²) in [4.78, 5) is 28.2. The Kier molecular flexibility index (Phi) is 15.4. The highest BCUT2D eigenvalue weighted by Gasteiger charge is 2.51. The van der Waals surface area contributed by atoms with Gasteiger partial charge in [0.1, 0.15) is 0 Å². The van der Waals surface area contributed by atoms with Gasteiger partial charge in [0.25, 0.3) is 11.4 Å². The Hall–Kier alpha value is -5.54. The second-order valence-electron chi connectivity index (χ2n) is 23.4. The van der Waals surface area contributed by atoms with Crippen LogP contribution in [0.2, 0.25) is 0 Å². The molecule has 6 aromatic carbocycles. The summed E-state index contributed by atoms with van der Waals surface area (Å²) in [6.07, 6.45) is 25.5. The first-order valence-corrected chi connectivity index (χ1v) is 29.1. The van der Waals surface area contributed by atoms with Crippen LogP contribution in [-0.4, -0.2) is 57.6 Å². The van der Waals surface area contributed by atoms with E-state index < -0.39 is 0 Å². The van der Waals surface area contributed by atoms with Gasteiger partial charge in [0, 0.05) is 83.9 Å². The van der Waals surface area contributed by atoms with Crippen molar-refractivity contribution in [2.45, 2.75) is 120 Å². The van der Waals surface area contributed by atoms with Gasteiger partial charge in [0.05, 0.1) is 47.4 Å². The summed E-state index contributed by atoms with van der Waals surface area (Å²) < 4.78 is 6.22. The van der Waals surface area contributed by atoms with Crippen molar-refractivity contribution in [3.8, 4) is 0 Å². The minimum atomic E-state index is -0.317. The fourth-order valence-corrected chi connectivity index (χ4v) is 16.2. The van der Waals surface area contributed by atoms with Crippen molar-refractivity contribution >= 4 is 99.0 Å². The summed E-state index contributed by atoms with van der Waals surface area (Å²) in [5.41, 5.74) is 13.4. The van der Waals surface area contributed by atoms with Crippen LogP contribution in [0.15, 0.2) is 154 Å². The molecule has 10 nitrogen and oxygen atoms in total. The Morgan fingerprint density at radius 2 is 0.937 bits per heavy atom. The van der Waals surface area contributed by atoms with E-state index in [4.69, 9.17) is 0 Å². The van der Waals surface area contributed by atoms with Crippen LogP contribution in [0.4, 0.5) is 34.1 Å². The summed E-state index contributed by atoms with van der Waals surface area (Å²) in [6, 6.07) is 34.3. The zero-order valence-electron chi connectivity index (χ0n) is 45.7. The normalized spacial score (nSPS) is 20.3. The molecule has 2 fully saturated rings. The van der Waals surface area contributed by atoms with Gasteiger partial charge in [-0.3, -0.25) is 20.2 Å². The van der Waals surface area contributed by atoms with E-state index in [0.29, 0.717) is 8.95 Å². The standard InChI is InChI=1S/C65H66Br2N6O4.2BrH/c1-62(2)56(24-17-26-58-64(32-13-7-14-33-64)46-38-48(66)54(72(74)75)40-52(46)68(58)5)70(50-30-28-42-20-9-11-22-44(42)60(50)62)36-19-37-71-51-31-29-43-21-10-12-23-45(43)61(51)63(3,4)57(71)25-18-27-59-65(34-15-8-16-35-65)47-39-49(67)55(73(76)77)41-53(47)69(59)6;;/h9-12,17-18,20-31,38-41H,7-8,13-16,19,32-37H2,1-6H3;2*1H/q+2;;/p-2. The number of benzene rings is 6. The molecule has 0 bridgehead atoms. The lowest BCUT2D eigenvalue weighted by atomic mass is 9.68. The Morgan fingerprint density at radius 1 is 0.557 bits per heavy atom. The topological polar surface area (TPSA) is 98.8 Å². The molecule has 0 radical (unpaired) electrons. The highest BCUT2D eigenvalue weighted by molar-refractivity contribution is 9.11. The molecule has 14 heteroatoms. The maximum Gasteiger partial charge on any atom is 0.285 e. The van der Waals surface area contributed by atoms with Gasteiger partial charge >= 0.3 is 0 Å². The second-order valence-corrected chi connectivity index (χ2v) is 25.1. The van der Waals surface area contributed by atoms with Crippen molar-refractivity contribution in [1.82, 2.24) is 0 Å². The minimum absolute atomic E-state index is 0. The number of nitro groups is 2. The van der Waals surface area contributed by atoms with Crippen LogP contribution >= 0.6 is 31.9 Å². The zero-order valence-corrected chi connectivity index (χ0v) is 52.1. The number of fused-ring (bicyclic) bond motifs is 10. The second kappa shape index (κ2) is 21.4. The molecule has 2 aliphatic carbocycles. The predicted molar refractivity (Wildman–Crippen MR) is 321 cm³/mol. The number of rotatable bonds is 10. The number of anilines is 2. The average molecular weight is 1310 g/mol. The fraction of sp³-hybridized carbons (Fsp3) is 0.354. The highest BCUT2D eigenvalue weighted by Crippen LogP contribution is 2.58. The Labute approximate surface area is 501 Å². The van der Waals surface area contributed by atoms with Crippen LogP contribution in [0, 0.1) is 20.2 Å². The molecule has 408 valence electrons. The first kappa shape index (κ1) is 56.7. The van der Waals surface area contributed by atoms with Gasteiger partial charge in [0.2, 0.25) is 11.4 Å². The SMILES string of the molecule is CN1/C(=C/C=C/C2=[N+](CCC[N+]3=C(/C=C/C=C4/N(C)c5cc([N+](=O)[O-])c(Br)cc5C45CCCCC5)C(C)(C)c4c3ccc3ccccc43)c3ccc4ccccc4c3C2(C)C)C2(CCCCC2)c2cc(Br)c([N+](=O)[O-])cc21.[Br-].[Br-]. The summed E-state index contributed by atoms with van der Waals surface area (Å²) in [5, 5.41) is 29.3. The quantitative estimate of drug-likeness (QED) is 0.0770. The third-order valence-corrected chi connectivity index (χ3v) is 20.0. The maximum absolute atomic E-state index is 12.2. The predicted octanol–water partition coefficient (Wildman–Crippen LogP) is 10.8. The van der Waals surface area contributed by atoms with Crippen LogP contribution in [0.3, 0.4) is 0 Å². The van der Waals surface area contributed by atoms with Gasteiger partial charge in [-0.15, -0.1) is 0 Å². The lowest BCUT2D eigenvalue weighted by Gasteiger charge is -2.36. The number of hydrogen-bond acceptors (Lipinski definition) is 6. The molecule has 0 amide bonds. The lowest BCUT2D eigenvalue weighted by molar-refractivity contribution is -0.470. The molecule has 2 spiro atoms. The zero-order chi connectivity index (χ0) is 53.8. The third-order valence-electron chi connectivity index (χ3n) is 18.7. The number of nitro benzene ring substituents is 2. The van der Waals surface area contributed by atoms with Crippen molar-refractivity contribution in [3.05, 3.63) is 196 Å². The van der Waals surface area contributed by atoms with E-state index in [1.807, 2.05) is 12.1 Å². The first-order valence-electron chi connectivity index (χ1n) is 27.6. The maximum atomic E-state index is 12.2. The van der Waals surface area contributed by atoms with E-state index in [2.05, 4.69) is 202 Å². The molecule has 0 atom stereocenters. The third kappa shape index (κ3) is 8.95. The first-order chi connectivity index (χ1) is 37.0. The molecule has 4 aliphatic heterocycles. The molecular formula is C65H66Br4N6O4. The number of halogens is 4. The van der Waals surface area contributed by atoms with Crippen molar-refractivity contribution < 1.29 is 53.0 Å². The van der Waals surface area contributed by atoms with Gasteiger partial charge in [-0.05, 0) is 154 Å². The Balaban J connectivity index is 0.00000352. The van der Waals surface area contributed by atoms with Crippen LogP contribution in [0.1, 0.15) is 121 Å². The molecule has 2 saturated carbocycles. The largest absolute Gasteiger partial charge is 1.00 e. The summed E-state index contributed by atoms with van der Waals surface area (Å²) in [5.74, 6) is 0. The fourth-order valence-electron chi connectivity index (χ4n) is 15.2. The molecule has 4 heterocycles. The van der Waals surface area contributed by atoms with Gasteiger partial charge in [-0.1, -0.05) is 99.2 Å². The molecule has 79 heavy (non-hydrogen) atoms. The smallest absolute Gasteiger partial charge is 0.285 e. The van der Waals surface area contributed by atoms with Gasteiger partial charge in [-0.2, -0.15) is 9.15 Å². The van der Waals surface area contributed by atoms with Crippen molar-refractivity contribution in [3.63, 3.8) is 0 Å². The molecular weight excluding hydrogens is 1250 g/mol. The number of hydrogen-bond donors (Lipinski definition) is 0. The summed E-state index contributed by atoms with van der Waals surface area (Å²) in [6.45, 7) is 11.1. The minimum Gasteiger partial charge on any atom is -1.00 e. The number of likely N-dealkylation sites (N-methyl/N-ethyl adjacent to an activating group) is 2. The van der Waals surface area contributed by atoms with Crippen molar-refractivity contribution in [2.75, 3.05) is 37.0 Å². The molecule has 0 N–H and O–H groups in total. The van der Waals surface area contributed by atoms with E-state index in [9.17, 15) is 20.2 Å². The van der Waals surface area contributed by atoms with Crippen molar-refractivity contribution in [1.29, 1.82) is 0 Å². The van der Waals surface area contributed by atoms with Crippen LogP contribution in [0.5, 0.6) is 0 Å².